The van der Waals surface area contributed by atoms with Crippen molar-refractivity contribution in [1.29, 1.82) is 0 Å². The standard InChI is InChI=1S/C13H18N2OS2/c1-4-17-13-15-9-11(18-13)12(16)14-8-6-5-7-10(2)3/h9-10H,4,6,8H2,1-3H3,(H,14,16). The lowest BCUT2D eigenvalue weighted by Crippen LogP contribution is -2.23. The smallest absolute Gasteiger partial charge is 0.263 e. The molecule has 0 aliphatic heterocycles. The van der Waals surface area contributed by atoms with Gasteiger partial charge in [-0.1, -0.05) is 32.5 Å². The van der Waals surface area contributed by atoms with Crippen molar-refractivity contribution in [1.82, 2.24) is 10.3 Å². The van der Waals surface area contributed by atoms with E-state index in [4.69, 9.17) is 0 Å². The Morgan fingerprint density at radius 2 is 2.39 bits per heavy atom. The van der Waals surface area contributed by atoms with Crippen LogP contribution >= 0.6 is 23.1 Å². The van der Waals surface area contributed by atoms with Crippen molar-refractivity contribution in [3.63, 3.8) is 0 Å². The quantitative estimate of drug-likeness (QED) is 0.513. The minimum absolute atomic E-state index is 0.0539. The number of hydrogen-bond donors (Lipinski definition) is 1. The summed E-state index contributed by atoms with van der Waals surface area (Å²) in [6.45, 7) is 6.76. The van der Waals surface area contributed by atoms with Gasteiger partial charge in [0.15, 0.2) is 4.34 Å². The van der Waals surface area contributed by atoms with E-state index in [1.54, 1.807) is 18.0 Å². The van der Waals surface area contributed by atoms with Crippen molar-refractivity contribution in [2.45, 2.75) is 31.5 Å². The highest BCUT2D eigenvalue weighted by Crippen LogP contribution is 2.23. The minimum atomic E-state index is -0.0539. The molecule has 0 aliphatic carbocycles. The molecule has 0 atom stereocenters. The molecule has 1 rings (SSSR count). The number of rotatable bonds is 5. The van der Waals surface area contributed by atoms with E-state index in [0.717, 1.165) is 10.1 Å². The molecule has 0 aromatic carbocycles. The zero-order chi connectivity index (χ0) is 13.4. The van der Waals surface area contributed by atoms with Crippen molar-refractivity contribution >= 4 is 29.0 Å². The van der Waals surface area contributed by atoms with Gasteiger partial charge >= 0.3 is 0 Å². The van der Waals surface area contributed by atoms with Crippen molar-refractivity contribution in [3.8, 4) is 11.8 Å². The molecular weight excluding hydrogens is 264 g/mol. The Hall–Kier alpha value is -0.990. The molecule has 0 bridgehead atoms. The number of thiazole rings is 1. The van der Waals surface area contributed by atoms with Crippen LogP contribution in [0.4, 0.5) is 0 Å². The number of nitrogens with one attached hydrogen (secondary N) is 1. The van der Waals surface area contributed by atoms with Crippen LogP contribution in [0.3, 0.4) is 0 Å². The van der Waals surface area contributed by atoms with Gasteiger partial charge in [-0.25, -0.2) is 4.98 Å². The average Bonchev–Trinajstić information content (AvgIpc) is 2.77. The fraction of sp³-hybridized carbons (Fsp3) is 0.538. The highest BCUT2D eigenvalue weighted by Gasteiger charge is 2.09. The Bertz CT molecular complexity index is 443. The molecule has 0 unspecified atom stereocenters. The summed E-state index contributed by atoms with van der Waals surface area (Å²) in [5.74, 6) is 7.40. The van der Waals surface area contributed by atoms with E-state index < -0.39 is 0 Å². The Morgan fingerprint density at radius 3 is 3.06 bits per heavy atom. The first-order valence-corrected chi connectivity index (χ1v) is 7.79. The lowest BCUT2D eigenvalue weighted by Gasteiger charge is -1.98. The molecular formula is C13H18N2OS2. The Morgan fingerprint density at radius 1 is 1.61 bits per heavy atom. The first kappa shape index (κ1) is 15.1. The first-order valence-electron chi connectivity index (χ1n) is 5.98. The van der Waals surface area contributed by atoms with E-state index in [-0.39, 0.29) is 5.91 Å². The summed E-state index contributed by atoms with van der Waals surface area (Å²) in [6.07, 6.45) is 2.33. The van der Waals surface area contributed by atoms with Crippen LogP contribution < -0.4 is 5.32 Å². The maximum atomic E-state index is 11.8. The normalized spacial score (nSPS) is 10.0. The van der Waals surface area contributed by atoms with Gasteiger partial charge in [-0.05, 0) is 5.75 Å². The highest BCUT2D eigenvalue weighted by atomic mass is 32.2. The van der Waals surface area contributed by atoms with Crippen LogP contribution in [0.25, 0.3) is 0 Å². The third-order valence-electron chi connectivity index (χ3n) is 1.90. The lowest BCUT2D eigenvalue weighted by atomic mass is 10.2. The van der Waals surface area contributed by atoms with E-state index in [2.05, 4.69) is 42.9 Å². The summed E-state index contributed by atoms with van der Waals surface area (Å²) in [4.78, 5) is 16.6. The van der Waals surface area contributed by atoms with Gasteiger partial charge in [0.25, 0.3) is 5.91 Å². The summed E-state index contributed by atoms with van der Waals surface area (Å²) < 4.78 is 0.947. The zero-order valence-corrected chi connectivity index (χ0v) is 12.6. The topological polar surface area (TPSA) is 42.0 Å². The molecule has 1 aromatic rings. The molecule has 1 N–H and O–H groups in total. The van der Waals surface area contributed by atoms with Crippen molar-refractivity contribution in [2.24, 2.45) is 5.92 Å². The Kier molecular flexibility index (Phi) is 6.84. The third kappa shape index (κ3) is 5.56. The number of carbonyl (C=O) groups is 1. The number of carbonyl (C=O) groups excluding carboxylic acids is 1. The van der Waals surface area contributed by atoms with Gasteiger partial charge in [0, 0.05) is 18.9 Å². The lowest BCUT2D eigenvalue weighted by molar-refractivity contribution is 0.0958. The molecule has 1 heterocycles. The Labute approximate surface area is 117 Å². The molecule has 0 saturated carbocycles. The molecule has 0 radical (unpaired) electrons. The fourth-order valence-electron chi connectivity index (χ4n) is 1.16. The third-order valence-corrected chi connectivity index (χ3v) is 3.94. The van der Waals surface area contributed by atoms with Crippen LogP contribution in [-0.2, 0) is 0 Å². The van der Waals surface area contributed by atoms with Crippen LogP contribution in [0.15, 0.2) is 10.5 Å². The van der Waals surface area contributed by atoms with Gasteiger partial charge in [-0.15, -0.1) is 23.2 Å². The summed E-state index contributed by atoms with van der Waals surface area (Å²) in [5.41, 5.74) is 0. The predicted molar refractivity (Wildman–Crippen MR) is 78.1 cm³/mol. The SMILES string of the molecule is CCSc1ncc(C(=O)NCCC#CC(C)C)s1. The largest absolute Gasteiger partial charge is 0.350 e. The molecule has 18 heavy (non-hydrogen) atoms. The molecule has 0 saturated heterocycles. The van der Waals surface area contributed by atoms with E-state index >= 15 is 0 Å². The van der Waals surface area contributed by atoms with Crippen LogP contribution in [0.2, 0.25) is 0 Å². The van der Waals surface area contributed by atoms with Crippen LogP contribution in [-0.4, -0.2) is 23.2 Å². The molecule has 5 heteroatoms. The molecule has 0 fully saturated rings. The number of hydrogen-bond acceptors (Lipinski definition) is 4. The summed E-state index contributed by atoms with van der Waals surface area (Å²) >= 11 is 3.09. The molecule has 0 aliphatic rings. The Balaban J connectivity index is 2.34. The van der Waals surface area contributed by atoms with E-state index in [1.165, 1.54) is 11.3 Å². The maximum Gasteiger partial charge on any atom is 0.263 e. The van der Waals surface area contributed by atoms with Gasteiger partial charge in [0.05, 0.1) is 6.20 Å². The van der Waals surface area contributed by atoms with E-state index in [9.17, 15) is 4.79 Å². The van der Waals surface area contributed by atoms with Crippen LogP contribution in [0.5, 0.6) is 0 Å². The zero-order valence-electron chi connectivity index (χ0n) is 10.9. The molecule has 1 amide bonds. The van der Waals surface area contributed by atoms with Gasteiger partial charge in [-0.2, -0.15) is 0 Å². The molecule has 1 aromatic heterocycles. The van der Waals surface area contributed by atoms with Crippen LogP contribution in [0.1, 0.15) is 36.9 Å². The van der Waals surface area contributed by atoms with Crippen molar-refractivity contribution in [3.05, 3.63) is 11.1 Å². The van der Waals surface area contributed by atoms with Crippen LogP contribution in [0, 0.1) is 17.8 Å². The number of aromatic nitrogens is 1. The second kappa shape index (κ2) is 8.17. The summed E-state index contributed by atoms with van der Waals surface area (Å²) in [6, 6.07) is 0. The van der Waals surface area contributed by atoms with Gasteiger partial charge < -0.3 is 5.32 Å². The number of thioether (sulfide) groups is 1. The average molecular weight is 282 g/mol. The van der Waals surface area contributed by atoms with Gasteiger partial charge in [-0.3, -0.25) is 4.79 Å². The first-order chi connectivity index (χ1) is 8.63. The maximum absolute atomic E-state index is 11.8. The van der Waals surface area contributed by atoms with Gasteiger partial charge in [0.2, 0.25) is 0 Å². The monoisotopic (exact) mass is 282 g/mol. The van der Waals surface area contributed by atoms with Crippen molar-refractivity contribution < 1.29 is 4.79 Å². The molecule has 3 nitrogen and oxygen atoms in total. The predicted octanol–water partition coefficient (Wildman–Crippen LogP) is 3.03. The second-order valence-corrected chi connectivity index (χ2v) is 6.45. The summed E-state index contributed by atoms with van der Waals surface area (Å²) in [7, 11) is 0. The molecule has 98 valence electrons. The summed E-state index contributed by atoms with van der Waals surface area (Å²) in [5, 5.41) is 2.85. The van der Waals surface area contributed by atoms with Gasteiger partial charge in [0.1, 0.15) is 4.88 Å². The van der Waals surface area contributed by atoms with E-state index in [1.807, 2.05) is 0 Å². The van der Waals surface area contributed by atoms with E-state index in [0.29, 0.717) is 23.8 Å². The number of amides is 1. The fourth-order valence-corrected chi connectivity index (χ4v) is 2.95. The number of nitrogens with zero attached hydrogens (tertiary/aromatic N) is 1. The highest BCUT2D eigenvalue weighted by molar-refractivity contribution is 8.01. The minimum Gasteiger partial charge on any atom is -0.350 e. The van der Waals surface area contributed by atoms with Crippen molar-refractivity contribution in [2.75, 3.05) is 12.3 Å². The second-order valence-electron chi connectivity index (χ2n) is 3.91. The molecule has 0 spiro atoms.